The lowest BCUT2D eigenvalue weighted by Gasteiger charge is -2.27. The number of nitrogens with one attached hydrogen (secondary N) is 4. The maximum absolute atomic E-state index is 13.2. The van der Waals surface area contributed by atoms with Crippen LogP contribution in [0.2, 0.25) is 0 Å². The van der Waals surface area contributed by atoms with Crippen molar-refractivity contribution in [1.29, 1.82) is 0 Å². The number of ether oxygens (including phenoxy) is 1. The van der Waals surface area contributed by atoms with Gasteiger partial charge < -0.3 is 30.9 Å². The minimum atomic E-state index is -0.909. The summed E-state index contributed by atoms with van der Waals surface area (Å²) in [4.78, 5) is 54.2. The summed E-state index contributed by atoms with van der Waals surface area (Å²) in [6.07, 6.45) is 4.70. The van der Waals surface area contributed by atoms with E-state index in [2.05, 4.69) is 26.2 Å². The quantitative estimate of drug-likeness (QED) is 0.443. The molecular formula is C28H43N5O5. The standard InChI is InChI=1S/C28H43N5O5/c1-20(2)19-23-28(37)29-13-8-18-38-24-10-5-4-9-21(24)26(35)32-22(11-12-25(34)31-23)27(36)30-14-17-33-15-6-3-7-16-33/h4-5,9-10,20,22-23H,3,6-8,11-19H2,1-2H3,(H,29,37)(H,30,36)(H,31,34)(H,32,35)/t22-,23?/m0/s1. The lowest BCUT2D eigenvalue weighted by atomic mass is 10.0. The van der Waals surface area contributed by atoms with Gasteiger partial charge in [-0.2, -0.15) is 0 Å². The first-order chi connectivity index (χ1) is 18.3. The van der Waals surface area contributed by atoms with E-state index in [1.165, 1.54) is 19.3 Å². The Bertz CT molecular complexity index is 947. The SMILES string of the molecule is CC(C)CC1NC(=O)CC[C@@H](C(=O)NCCN2CCCCC2)NC(=O)c2ccccc2OCCCNC1=O. The highest BCUT2D eigenvalue weighted by Gasteiger charge is 2.26. The fourth-order valence-corrected chi connectivity index (χ4v) is 4.76. The molecule has 0 aliphatic carbocycles. The van der Waals surface area contributed by atoms with Crippen LogP contribution in [0.1, 0.15) is 69.2 Å². The molecule has 210 valence electrons. The number of likely N-dealkylation sites (tertiary alicyclic amines) is 1. The number of piperidine rings is 1. The molecule has 4 amide bonds. The van der Waals surface area contributed by atoms with Crippen molar-refractivity contribution in [3.05, 3.63) is 29.8 Å². The summed E-state index contributed by atoms with van der Waals surface area (Å²) in [5, 5.41) is 11.4. The third kappa shape index (κ3) is 9.63. The predicted molar refractivity (Wildman–Crippen MR) is 145 cm³/mol. The number of para-hydroxylation sites is 1. The molecule has 0 aromatic heterocycles. The van der Waals surface area contributed by atoms with Crippen molar-refractivity contribution in [3.63, 3.8) is 0 Å². The van der Waals surface area contributed by atoms with Gasteiger partial charge in [0.2, 0.25) is 17.7 Å². The second kappa shape index (κ2) is 15.3. The number of benzene rings is 1. The number of carbonyl (C=O) groups excluding carboxylic acids is 4. The van der Waals surface area contributed by atoms with Crippen molar-refractivity contribution in [2.24, 2.45) is 5.92 Å². The molecule has 2 heterocycles. The summed E-state index contributed by atoms with van der Waals surface area (Å²) in [7, 11) is 0. The average Bonchev–Trinajstić information content (AvgIpc) is 2.90. The Labute approximate surface area is 225 Å². The molecule has 2 atom stereocenters. The molecule has 2 aliphatic heterocycles. The van der Waals surface area contributed by atoms with E-state index in [9.17, 15) is 19.2 Å². The molecule has 10 heteroatoms. The fourth-order valence-electron chi connectivity index (χ4n) is 4.76. The zero-order chi connectivity index (χ0) is 27.3. The van der Waals surface area contributed by atoms with Gasteiger partial charge in [0.25, 0.3) is 5.91 Å². The van der Waals surface area contributed by atoms with Crippen LogP contribution >= 0.6 is 0 Å². The summed E-state index contributed by atoms with van der Waals surface area (Å²) in [6.45, 7) is 7.93. The van der Waals surface area contributed by atoms with Crippen molar-refractivity contribution < 1.29 is 23.9 Å². The summed E-state index contributed by atoms with van der Waals surface area (Å²) in [5.41, 5.74) is 0.316. The highest BCUT2D eigenvalue weighted by Crippen LogP contribution is 2.19. The summed E-state index contributed by atoms with van der Waals surface area (Å²) in [6, 6.07) is 5.28. The van der Waals surface area contributed by atoms with Gasteiger partial charge in [0.15, 0.2) is 0 Å². The van der Waals surface area contributed by atoms with Crippen LogP contribution in [0.15, 0.2) is 24.3 Å². The number of hydrogen-bond donors (Lipinski definition) is 4. The van der Waals surface area contributed by atoms with E-state index in [1.807, 2.05) is 13.8 Å². The number of amides is 4. The lowest BCUT2D eigenvalue weighted by Crippen LogP contribution is -2.50. The van der Waals surface area contributed by atoms with Crippen molar-refractivity contribution >= 4 is 23.6 Å². The van der Waals surface area contributed by atoms with Gasteiger partial charge in [-0.3, -0.25) is 19.2 Å². The molecule has 4 N–H and O–H groups in total. The van der Waals surface area contributed by atoms with Crippen LogP contribution in [0.25, 0.3) is 0 Å². The van der Waals surface area contributed by atoms with Crippen molar-refractivity contribution in [2.45, 2.75) is 70.9 Å². The van der Waals surface area contributed by atoms with E-state index in [4.69, 9.17) is 4.74 Å². The normalized spacial score (nSPS) is 22.4. The number of rotatable bonds is 6. The van der Waals surface area contributed by atoms with Crippen LogP contribution in [0, 0.1) is 5.92 Å². The molecule has 3 rings (SSSR count). The highest BCUT2D eigenvalue weighted by atomic mass is 16.5. The fraction of sp³-hybridized carbons (Fsp3) is 0.643. The third-order valence-electron chi connectivity index (χ3n) is 6.83. The predicted octanol–water partition coefficient (Wildman–Crippen LogP) is 1.60. The number of fused-ring (bicyclic) bond motifs is 1. The van der Waals surface area contributed by atoms with Crippen LogP contribution < -0.4 is 26.0 Å². The zero-order valence-electron chi connectivity index (χ0n) is 22.7. The summed E-state index contributed by atoms with van der Waals surface area (Å²) in [5.74, 6) is -0.728. The van der Waals surface area contributed by atoms with E-state index < -0.39 is 18.0 Å². The number of hydrogen-bond acceptors (Lipinski definition) is 6. The Morgan fingerprint density at radius 3 is 2.61 bits per heavy atom. The second-order valence-electron chi connectivity index (χ2n) is 10.5. The van der Waals surface area contributed by atoms with Crippen LogP contribution in [-0.2, 0) is 14.4 Å². The van der Waals surface area contributed by atoms with Crippen LogP contribution in [-0.4, -0.2) is 79.9 Å². The molecule has 10 nitrogen and oxygen atoms in total. The topological polar surface area (TPSA) is 129 Å². The van der Waals surface area contributed by atoms with Gasteiger partial charge in [-0.1, -0.05) is 32.4 Å². The van der Waals surface area contributed by atoms with Crippen LogP contribution in [0.5, 0.6) is 5.75 Å². The Kier molecular flexibility index (Phi) is 11.9. The molecule has 0 spiro atoms. The largest absolute Gasteiger partial charge is 0.493 e. The van der Waals surface area contributed by atoms with Gasteiger partial charge in [0.1, 0.15) is 17.8 Å². The first-order valence-electron chi connectivity index (χ1n) is 13.9. The lowest BCUT2D eigenvalue weighted by molar-refractivity contribution is -0.129. The van der Waals surface area contributed by atoms with Crippen molar-refractivity contribution in [2.75, 3.05) is 39.3 Å². The molecule has 38 heavy (non-hydrogen) atoms. The van der Waals surface area contributed by atoms with E-state index in [1.54, 1.807) is 24.3 Å². The molecular weight excluding hydrogens is 486 g/mol. The molecule has 0 saturated carbocycles. The minimum absolute atomic E-state index is 0.00941. The first kappa shape index (κ1) is 29.4. The van der Waals surface area contributed by atoms with Crippen LogP contribution in [0.3, 0.4) is 0 Å². The van der Waals surface area contributed by atoms with Gasteiger partial charge in [0.05, 0.1) is 12.2 Å². The minimum Gasteiger partial charge on any atom is -0.493 e. The van der Waals surface area contributed by atoms with Gasteiger partial charge in [-0.05, 0) is 63.2 Å². The molecule has 1 aromatic rings. The van der Waals surface area contributed by atoms with E-state index in [0.717, 1.165) is 19.6 Å². The van der Waals surface area contributed by atoms with E-state index >= 15 is 0 Å². The Hall–Kier alpha value is -3.14. The van der Waals surface area contributed by atoms with Crippen LogP contribution in [0.4, 0.5) is 0 Å². The summed E-state index contributed by atoms with van der Waals surface area (Å²) < 4.78 is 5.84. The molecule has 0 bridgehead atoms. The van der Waals surface area contributed by atoms with Gasteiger partial charge in [0, 0.05) is 26.1 Å². The summed E-state index contributed by atoms with van der Waals surface area (Å²) >= 11 is 0. The Morgan fingerprint density at radius 2 is 1.84 bits per heavy atom. The molecule has 1 aromatic carbocycles. The number of carbonyl (C=O) groups is 4. The Morgan fingerprint density at radius 1 is 1.08 bits per heavy atom. The van der Waals surface area contributed by atoms with Gasteiger partial charge in [-0.25, -0.2) is 0 Å². The van der Waals surface area contributed by atoms with Crippen molar-refractivity contribution in [1.82, 2.24) is 26.2 Å². The van der Waals surface area contributed by atoms with E-state index in [0.29, 0.717) is 43.9 Å². The monoisotopic (exact) mass is 529 g/mol. The molecule has 2 aliphatic rings. The third-order valence-corrected chi connectivity index (χ3v) is 6.83. The highest BCUT2D eigenvalue weighted by molar-refractivity contribution is 5.99. The number of nitrogens with zero attached hydrogens (tertiary/aromatic N) is 1. The molecule has 1 saturated heterocycles. The van der Waals surface area contributed by atoms with Crippen molar-refractivity contribution in [3.8, 4) is 5.75 Å². The van der Waals surface area contributed by atoms with Gasteiger partial charge in [-0.15, -0.1) is 0 Å². The first-order valence-corrected chi connectivity index (χ1v) is 13.9. The average molecular weight is 530 g/mol. The maximum atomic E-state index is 13.2. The smallest absolute Gasteiger partial charge is 0.255 e. The maximum Gasteiger partial charge on any atom is 0.255 e. The second-order valence-corrected chi connectivity index (χ2v) is 10.5. The Balaban J connectivity index is 1.72. The molecule has 1 fully saturated rings. The van der Waals surface area contributed by atoms with Gasteiger partial charge >= 0.3 is 0 Å². The van der Waals surface area contributed by atoms with E-state index in [-0.39, 0.29) is 36.5 Å². The zero-order valence-corrected chi connectivity index (χ0v) is 22.7. The molecule has 0 radical (unpaired) electrons. The molecule has 1 unspecified atom stereocenters.